The predicted molar refractivity (Wildman–Crippen MR) is 116 cm³/mol. The van der Waals surface area contributed by atoms with Crippen LogP contribution < -0.4 is 19.2 Å². The number of sulfonamides is 1. The average Bonchev–Trinajstić information content (AvgIpc) is 2.72. The number of carbonyl (C=O) groups excluding carboxylic acids is 1. The highest BCUT2D eigenvalue weighted by Gasteiger charge is 2.24. The van der Waals surface area contributed by atoms with E-state index in [2.05, 4.69) is 10.5 Å². The van der Waals surface area contributed by atoms with Crippen molar-refractivity contribution in [3.8, 4) is 11.5 Å². The number of nitrogens with one attached hydrogen (secondary N) is 1. The second-order valence-corrected chi connectivity index (χ2v) is 8.38. The molecular weight excluding hydrogens is 452 g/mol. The summed E-state index contributed by atoms with van der Waals surface area (Å²) in [5.74, 6) is -0.137. The Morgan fingerprint density at radius 1 is 1.26 bits per heavy atom. The monoisotopic (exact) mass is 470 g/mol. The molecular formula is C18H19ClN4O7S. The lowest BCUT2D eigenvalue weighted by Gasteiger charge is -2.23. The van der Waals surface area contributed by atoms with Crippen molar-refractivity contribution < 1.29 is 27.6 Å². The maximum atomic E-state index is 12.3. The first kappa shape index (κ1) is 23.9. The van der Waals surface area contributed by atoms with Crippen LogP contribution in [0.1, 0.15) is 5.56 Å². The minimum atomic E-state index is -3.86. The molecule has 0 atom stereocenters. The Labute approximate surface area is 183 Å². The quantitative estimate of drug-likeness (QED) is 0.336. The Bertz CT molecular complexity index is 1120. The molecule has 1 N–H and O–H groups in total. The molecule has 2 rings (SSSR count). The number of hydrogen-bond donors (Lipinski definition) is 1. The Hall–Kier alpha value is -3.38. The summed E-state index contributed by atoms with van der Waals surface area (Å²) in [6, 6.07) is 8.18. The summed E-state index contributed by atoms with van der Waals surface area (Å²) in [5, 5.41) is 14.7. The van der Waals surface area contributed by atoms with Crippen LogP contribution in [0.2, 0.25) is 5.02 Å². The Morgan fingerprint density at radius 2 is 1.97 bits per heavy atom. The van der Waals surface area contributed by atoms with Crippen molar-refractivity contribution in [2.75, 3.05) is 31.3 Å². The van der Waals surface area contributed by atoms with Crippen molar-refractivity contribution in [3.63, 3.8) is 0 Å². The fourth-order valence-electron chi connectivity index (χ4n) is 2.46. The van der Waals surface area contributed by atoms with E-state index in [-0.39, 0.29) is 27.7 Å². The number of methoxy groups -OCH3 is 2. The van der Waals surface area contributed by atoms with Gasteiger partial charge in [0.05, 0.1) is 37.3 Å². The van der Waals surface area contributed by atoms with E-state index in [0.717, 1.165) is 16.8 Å². The van der Waals surface area contributed by atoms with Crippen molar-refractivity contribution in [2.24, 2.45) is 5.10 Å². The van der Waals surface area contributed by atoms with E-state index >= 15 is 0 Å². The van der Waals surface area contributed by atoms with Gasteiger partial charge in [-0.05, 0) is 18.2 Å². The first-order valence-corrected chi connectivity index (χ1v) is 10.7. The number of halogens is 1. The van der Waals surface area contributed by atoms with E-state index in [1.54, 1.807) is 0 Å². The molecule has 0 bridgehead atoms. The molecule has 2 aromatic carbocycles. The summed E-state index contributed by atoms with van der Waals surface area (Å²) in [4.78, 5) is 22.6. The van der Waals surface area contributed by atoms with Crippen LogP contribution in [0.25, 0.3) is 0 Å². The molecule has 13 heteroatoms. The third-order valence-electron chi connectivity index (χ3n) is 3.93. The Morgan fingerprint density at radius 3 is 2.55 bits per heavy atom. The molecule has 0 unspecified atom stereocenters. The first-order chi connectivity index (χ1) is 14.6. The molecule has 166 valence electrons. The normalized spacial score (nSPS) is 11.2. The van der Waals surface area contributed by atoms with E-state index in [1.807, 2.05) is 0 Å². The van der Waals surface area contributed by atoms with Gasteiger partial charge in [0.1, 0.15) is 18.0 Å². The van der Waals surface area contributed by atoms with Gasteiger partial charge >= 0.3 is 0 Å². The molecule has 0 aliphatic rings. The molecule has 0 radical (unpaired) electrons. The number of hydrogen-bond acceptors (Lipinski definition) is 8. The molecule has 0 aliphatic carbocycles. The van der Waals surface area contributed by atoms with Gasteiger partial charge in [-0.2, -0.15) is 5.10 Å². The average molecular weight is 471 g/mol. The van der Waals surface area contributed by atoms with Gasteiger partial charge in [-0.15, -0.1) is 0 Å². The zero-order chi connectivity index (χ0) is 23.2. The number of anilines is 1. The maximum Gasteiger partial charge on any atom is 0.270 e. The fourth-order valence-corrected chi connectivity index (χ4v) is 3.48. The number of ether oxygens (including phenoxy) is 2. The Kier molecular flexibility index (Phi) is 7.78. The topological polar surface area (TPSA) is 140 Å². The standard InChI is InChI=1S/C18H19ClN4O7S/c1-29-14-5-7-16(17(9-14)30-2)22(31(3,27)28)11-18(24)21-20-10-12-8-13(23(25)26)4-6-15(12)19/h4-10H,11H2,1-3H3,(H,21,24)/b20-10-. The third kappa shape index (κ3) is 6.30. The smallest absolute Gasteiger partial charge is 0.270 e. The number of nitrogens with zero attached hydrogens (tertiary/aromatic N) is 3. The van der Waals surface area contributed by atoms with E-state index in [9.17, 15) is 23.3 Å². The summed E-state index contributed by atoms with van der Waals surface area (Å²) in [5.41, 5.74) is 2.30. The van der Waals surface area contributed by atoms with E-state index in [1.165, 1.54) is 50.6 Å². The van der Waals surface area contributed by atoms with Crippen LogP contribution in [0.15, 0.2) is 41.5 Å². The maximum absolute atomic E-state index is 12.3. The minimum absolute atomic E-state index is 0.131. The summed E-state index contributed by atoms with van der Waals surface area (Å²) in [7, 11) is -1.06. The lowest BCUT2D eigenvalue weighted by atomic mass is 10.2. The van der Waals surface area contributed by atoms with Crippen LogP contribution in [-0.2, 0) is 14.8 Å². The number of nitro groups is 1. The number of amides is 1. The number of rotatable bonds is 9. The van der Waals surface area contributed by atoms with Gasteiger partial charge < -0.3 is 9.47 Å². The number of non-ortho nitro benzene ring substituents is 1. The van der Waals surface area contributed by atoms with Crippen LogP contribution >= 0.6 is 11.6 Å². The molecule has 0 heterocycles. The molecule has 0 saturated carbocycles. The summed E-state index contributed by atoms with van der Waals surface area (Å²) in [6.07, 6.45) is 2.06. The van der Waals surface area contributed by atoms with Gasteiger partial charge in [-0.1, -0.05) is 11.6 Å². The van der Waals surface area contributed by atoms with Crippen molar-refractivity contribution >= 4 is 45.1 Å². The zero-order valence-electron chi connectivity index (χ0n) is 16.7. The highest BCUT2D eigenvalue weighted by Crippen LogP contribution is 2.33. The Balaban J connectivity index is 2.21. The molecule has 2 aromatic rings. The van der Waals surface area contributed by atoms with Gasteiger partial charge in [0, 0.05) is 28.8 Å². The van der Waals surface area contributed by atoms with Crippen LogP contribution in [-0.4, -0.2) is 52.5 Å². The molecule has 0 saturated heterocycles. The second-order valence-electron chi connectivity index (χ2n) is 6.06. The van der Waals surface area contributed by atoms with Crippen LogP contribution in [0.3, 0.4) is 0 Å². The molecule has 0 aliphatic heterocycles. The SMILES string of the molecule is COc1ccc(N(CC(=O)N/N=C\c2cc([N+](=O)[O-])ccc2Cl)S(C)(=O)=O)c(OC)c1. The summed E-state index contributed by atoms with van der Waals surface area (Å²) < 4.78 is 35.7. The highest BCUT2D eigenvalue weighted by molar-refractivity contribution is 7.92. The largest absolute Gasteiger partial charge is 0.497 e. The number of benzene rings is 2. The van der Waals surface area contributed by atoms with Crippen LogP contribution in [0, 0.1) is 10.1 Å². The number of carbonyl (C=O) groups is 1. The van der Waals surface area contributed by atoms with Gasteiger partial charge in [-0.25, -0.2) is 13.8 Å². The third-order valence-corrected chi connectivity index (χ3v) is 5.40. The van der Waals surface area contributed by atoms with Crippen molar-refractivity contribution in [1.82, 2.24) is 5.43 Å². The molecule has 31 heavy (non-hydrogen) atoms. The zero-order valence-corrected chi connectivity index (χ0v) is 18.3. The van der Waals surface area contributed by atoms with Crippen LogP contribution in [0.5, 0.6) is 11.5 Å². The van der Waals surface area contributed by atoms with Crippen molar-refractivity contribution in [1.29, 1.82) is 0 Å². The van der Waals surface area contributed by atoms with Gasteiger partial charge in [0.15, 0.2) is 0 Å². The minimum Gasteiger partial charge on any atom is -0.497 e. The van der Waals surface area contributed by atoms with Gasteiger partial charge in [-0.3, -0.25) is 19.2 Å². The number of nitro benzene ring substituents is 1. The van der Waals surface area contributed by atoms with Gasteiger partial charge in [0.25, 0.3) is 11.6 Å². The summed E-state index contributed by atoms with van der Waals surface area (Å²) >= 11 is 5.96. The van der Waals surface area contributed by atoms with Crippen molar-refractivity contribution in [2.45, 2.75) is 0 Å². The predicted octanol–water partition coefficient (Wildman–Crippen LogP) is 2.18. The van der Waals surface area contributed by atoms with E-state index in [4.69, 9.17) is 21.1 Å². The van der Waals surface area contributed by atoms with Crippen molar-refractivity contribution in [3.05, 3.63) is 57.1 Å². The van der Waals surface area contributed by atoms with E-state index in [0.29, 0.717) is 5.75 Å². The van der Waals surface area contributed by atoms with Crippen LogP contribution in [0.4, 0.5) is 11.4 Å². The molecule has 1 amide bonds. The molecule has 11 nitrogen and oxygen atoms in total. The molecule has 0 aromatic heterocycles. The second kappa shape index (κ2) is 10.1. The molecule has 0 fully saturated rings. The summed E-state index contributed by atoms with van der Waals surface area (Å²) in [6.45, 7) is -0.596. The van der Waals surface area contributed by atoms with Gasteiger partial charge in [0.2, 0.25) is 10.0 Å². The fraction of sp³-hybridized carbons (Fsp3) is 0.222. The molecule has 0 spiro atoms. The highest BCUT2D eigenvalue weighted by atomic mass is 35.5. The lowest BCUT2D eigenvalue weighted by molar-refractivity contribution is -0.384. The number of hydrazone groups is 1. The van der Waals surface area contributed by atoms with E-state index < -0.39 is 27.4 Å². The lowest BCUT2D eigenvalue weighted by Crippen LogP contribution is -2.39. The first-order valence-electron chi connectivity index (χ1n) is 8.52.